The second-order valence-corrected chi connectivity index (χ2v) is 9.08. The Bertz CT molecular complexity index is 1310. The highest BCUT2D eigenvalue weighted by Crippen LogP contribution is 2.30. The lowest BCUT2D eigenvalue weighted by molar-refractivity contribution is -0.115. The molecule has 3 aromatic rings. The molecule has 1 aliphatic rings. The Labute approximate surface area is 208 Å². The van der Waals surface area contributed by atoms with E-state index in [1.807, 2.05) is 13.0 Å². The number of hydrogen-bond donors (Lipinski definition) is 2. The number of para-hydroxylation sites is 2. The zero-order chi connectivity index (χ0) is 25.1. The first-order valence-electron chi connectivity index (χ1n) is 11.3. The average molecular weight is 492 g/mol. The monoisotopic (exact) mass is 491 g/mol. The highest BCUT2D eigenvalue weighted by atomic mass is 35.5. The molecule has 35 heavy (non-hydrogen) atoms. The molecule has 1 aromatic heterocycles. The molecule has 2 heterocycles. The van der Waals surface area contributed by atoms with Crippen LogP contribution in [-0.4, -0.2) is 34.0 Å². The van der Waals surface area contributed by atoms with Crippen molar-refractivity contribution in [2.24, 2.45) is 5.92 Å². The van der Waals surface area contributed by atoms with Crippen molar-refractivity contribution in [1.29, 1.82) is 0 Å². The van der Waals surface area contributed by atoms with Crippen molar-refractivity contribution in [1.82, 2.24) is 9.78 Å². The van der Waals surface area contributed by atoms with E-state index in [2.05, 4.69) is 29.6 Å². The molecule has 180 valence electrons. The van der Waals surface area contributed by atoms with Gasteiger partial charge in [-0.15, -0.1) is 0 Å². The Morgan fingerprint density at radius 1 is 1.17 bits per heavy atom. The summed E-state index contributed by atoms with van der Waals surface area (Å²) in [5.41, 5.74) is 3.63. The molecule has 1 aliphatic heterocycles. The zero-order valence-electron chi connectivity index (χ0n) is 19.7. The minimum Gasteiger partial charge on any atom is -0.323 e. The van der Waals surface area contributed by atoms with Crippen LogP contribution in [0.3, 0.4) is 0 Å². The van der Waals surface area contributed by atoms with Gasteiger partial charge in [0.2, 0.25) is 11.8 Å². The van der Waals surface area contributed by atoms with Crippen molar-refractivity contribution in [3.63, 3.8) is 0 Å². The maximum Gasteiger partial charge on any atom is 0.258 e. The lowest BCUT2D eigenvalue weighted by atomic mass is 10.1. The Morgan fingerprint density at radius 2 is 1.89 bits per heavy atom. The Hall–Kier alpha value is -3.91. The third-order valence-corrected chi connectivity index (χ3v) is 5.86. The van der Waals surface area contributed by atoms with E-state index >= 15 is 0 Å². The second-order valence-electron chi connectivity index (χ2n) is 8.72. The number of halogens is 1. The van der Waals surface area contributed by atoms with E-state index in [4.69, 9.17) is 11.6 Å². The Kier molecular flexibility index (Phi) is 7.02. The minimum atomic E-state index is -0.335. The summed E-state index contributed by atoms with van der Waals surface area (Å²) >= 11 is 6.43. The van der Waals surface area contributed by atoms with Crippen LogP contribution >= 0.6 is 11.6 Å². The van der Waals surface area contributed by atoms with Crippen LogP contribution in [0.2, 0.25) is 5.15 Å². The minimum absolute atomic E-state index is 0.0607. The molecule has 0 saturated heterocycles. The van der Waals surface area contributed by atoms with Gasteiger partial charge in [-0.05, 0) is 55.3 Å². The predicted molar refractivity (Wildman–Crippen MR) is 138 cm³/mol. The van der Waals surface area contributed by atoms with Crippen molar-refractivity contribution in [3.8, 4) is 0 Å². The van der Waals surface area contributed by atoms with Crippen LogP contribution < -0.4 is 15.5 Å². The smallest absolute Gasteiger partial charge is 0.258 e. The van der Waals surface area contributed by atoms with Gasteiger partial charge >= 0.3 is 0 Å². The molecule has 8 nitrogen and oxygen atoms in total. The average Bonchev–Trinajstić information content (AvgIpc) is 3.08. The number of nitrogens with one attached hydrogen (secondary N) is 2. The molecule has 9 heteroatoms. The maximum atomic E-state index is 13.1. The Balaban J connectivity index is 1.43. The van der Waals surface area contributed by atoms with Gasteiger partial charge in [0.25, 0.3) is 5.91 Å². The molecular formula is C26H26ClN5O3. The molecule has 0 aliphatic carbocycles. The SMILES string of the molecule is Cc1nn(CC(C)C)c(Cl)c1/C=C/C(=O)Nc1ccc(C(=O)N2CC(=O)Nc3ccccc32)cc1. The fraction of sp³-hybridized carbons (Fsp3) is 0.231. The number of anilines is 3. The van der Waals surface area contributed by atoms with E-state index in [9.17, 15) is 14.4 Å². The van der Waals surface area contributed by atoms with Gasteiger partial charge in [-0.2, -0.15) is 5.10 Å². The molecule has 0 fully saturated rings. The van der Waals surface area contributed by atoms with Crippen molar-refractivity contribution < 1.29 is 14.4 Å². The first kappa shape index (κ1) is 24.2. The van der Waals surface area contributed by atoms with Gasteiger partial charge in [0.1, 0.15) is 11.7 Å². The number of aryl methyl sites for hydroxylation is 1. The third kappa shape index (κ3) is 5.44. The first-order valence-corrected chi connectivity index (χ1v) is 11.6. The van der Waals surface area contributed by atoms with Crippen LogP contribution in [0.15, 0.2) is 54.6 Å². The van der Waals surface area contributed by atoms with Gasteiger partial charge in [0.15, 0.2) is 0 Å². The first-order chi connectivity index (χ1) is 16.7. The van der Waals surface area contributed by atoms with Gasteiger partial charge in [0.05, 0.1) is 17.1 Å². The van der Waals surface area contributed by atoms with Crippen LogP contribution in [0, 0.1) is 12.8 Å². The topological polar surface area (TPSA) is 96.3 Å². The molecule has 0 atom stereocenters. The standard InChI is InChI=1S/C26H26ClN5O3/c1-16(2)14-32-25(27)20(17(3)30-32)12-13-23(33)28-19-10-8-18(9-11-19)26(35)31-15-24(34)29-21-6-4-5-7-22(21)31/h4-13,16H,14-15H2,1-3H3,(H,28,33)(H,29,34)/b13-12+. The number of hydrogen-bond acceptors (Lipinski definition) is 4. The van der Waals surface area contributed by atoms with Crippen molar-refractivity contribution in [2.75, 3.05) is 22.1 Å². The number of nitrogens with zero attached hydrogens (tertiary/aromatic N) is 3. The highest BCUT2D eigenvalue weighted by molar-refractivity contribution is 6.31. The van der Waals surface area contributed by atoms with E-state index in [1.54, 1.807) is 53.2 Å². The predicted octanol–water partition coefficient (Wildman–Crippen LogP) is 4.75. The van der Waals surface area contributed by atoms with E-state index in [0.29, 0.717) is 45.8 Å². The summed E-state index contributed by atoms with van der Waals surface area (Å²) in [6.45, 7) is 6.64. The summed E-state index contributed by atoms with van der Waals surface area (Å²) in [4.78, 5) is 39.0. The number of carbonyl (C=O) groups excluding carboxylic acids is 3. The van der Waals surface area contributed by atoms with Gasteiger partial charge in [-0.1, -0.05) is 37.6 Å². The molecule has 2 aromatic carbocycles. The summed E-state index contributed by atoms with van der Waals surface area (Å²) in [5, 5.41) is 10.5. The van der Waals surface area contributed by atoms with Gasteiger partial charge in [-0.25, -0.2) is 0 Å². The molecule has 4 rings (SSSR count). The van der Waals surface area contributed by atoms with Crippen LogP contribution in [0.25, 0.3) is 6.08 Å². The quantitative estimate of drug-likeness (QED) is 0.486. The van der Waals surface area contributed by atoms with Crippen molar-refractivity contribution in [2.45, 2.75) is 27.3 Å². The molecule has 2 N–H and O–H groups in total. The van der Waals surface area contributed by atoms with E-state index in [0.717, 1.165) is 5.69 Å². The fourth-order valence-electron chi connectivity index (χ4n) is 3.83. The maximum absolute atomic E-state index is 13.1. The van der Waals surface area contributed by atoms with Crippen LogP contribution in [0.5, 0.6) is 0 Å². The summed E-state index contributed by atoms with van der Waals surface area (Å²) in [6.07, 6.45) is 3.05. The molecule has 0 radical (unpaired) electrons. The zero-order valence-corrected chi connectivity index (χ0v) is 20.5. The van der Waals surface area contributed by atoms with E-state index < -0.39 is 0 Å². The summed E-state index contributed by atoms with van der Waals surface area (Å²) in [7, 11) is 0. The van der Waals surface area contributed by atoms with Crippen molar-refractivity contribution >= 4 is 52.5 Å². The lowest BCUT2D eigenvalue weighted by Crippen LogP contribution is -2.42. The molecule has 0 unspecified atom stereocenters. The largest absolute Gasteiger partial charge is 0.323 e. The normalized spacial score (nSPS) is 13.2. The number of rotatable bonds is 6. The second kappa shape index (κ2) is 10.1. The van der Waals surface area contributed by atoms with Crippen LogP contribution in [-0.2, 0) is 16.1 Å². The van der Waals surface area contributed by atoms with Crippen LogP contribution in [0.1, 0.15) is 35.5 Å². The number of amides is 3. The van der Waals surface area contributed by atoms with Gasteiger partial charge < -0.3 is 10.6 Å². The number of fused-ring (bicyclic) bond motifs is 1. The summed E-state index contributed by atoms with van der Waals surface area (Å²) in [6, 6.07) is 13.7. The Morgan fingerprint density at radius 3 is 2.60 bits per heavy atom. The highest BCUT2D eigenvalue weighted by Gasteiger charge is 2.27. The van der Waals surface area contributed by atoms with Crippen LogP contribution in [0.4, 0.5) is 17.1 Å². The molecule has 0 spiro atoms. The molecule has 3 amide bonds. The molecule has 0 bridgehead atoms. The van der Waals surface area contributed by atoms with Gasteiger partial charge in [0, 0.05) is 29.4 Å². The third-order valence-electron chi connectivity index (χ3n) is 5.46. The fourth-order valence-corrected chi connectivity index (χ4v) is 4.14. The van der Waals surface area contributed by atoms with Crippen molar-refractivity contribution in [3.05, 3.63) is 76.6 Å². The van der Waals surface area contributed by atoms with E-state index in [-0.39, 0.29) is 24.3 Å². The number of aromatic nitrogens is 2. The summed E-state index contributed by atoms with van der Waals surface area (Å²) < 4.78 is 1.74. The number of benzene rings is 2. The van der Waals surface area contributed by atoms with Gasteiger partial charge in [-0.3, -0.25) is 24.0 Å². The summed E-state index contributed by atoms with van der Waals surface area (Å²) in [5.74, 6) is -0.493. The van der Waals surface area contributed by atoms with E-state index in [1.165, 1.54) is 11.0 Å². The number of carbonyl (C=O) groups is 3. The molecular weight excluding hydrogens is 466 g/mol. The molecule has 0 saturated carbocycles. The lowest BCUT2D eigenvalue weighted by Gasteiger charge is -2.29.